The predicted molar refractivity (Wildman–Crippen MR) is 95.3 cm³/mol. The second-order valence-electron chi connectivity index (χ2n) is 5.72. The molecule has 6 heteroatoms. The number of nitrogens with one attached hydrogen (secondary N) is 1. The average Bonchev–Trinajstić information content (AvgIpc) is 3.07. The van der Waals surface area contributed by atoms with Crippen LogP contribution in [0.4, 0.5) is 0 Å². The number of benzene rings is 1. The summed E-state index contributed by atoms with van der Waals surface area (Å²) in [6, 6.07) is 3.63. The number of rotatable bonds is 7. The van der Waals surface area contributed by atoms with Crippen LogP contribution in [0, 0.1) is 0 Å². The summed E-state index contributed by atoms with van der Waals surface area (Å²) in [7, 11) is 1.33. The van der Waals surface area contributed by atoms with E-state index in [1.54, 1.807) is 18.2 Å². The smallest absolute Gasteiger partial charge is 0.338 e. The van der Waals surface area contributed by atoms with Crippen LogP contribution in [0.2, 0.25) is 0 Å². The molecule has 130 valence electrons. The fourth-order valence-electron chi connectivity index (χ4n) is 2.88. The summed E-state index contributed by atoms with van der Waals surface area (Å²) in [4.78, 5) is 24.0. The zero-order valence-corrected chi connectivity index (χ0v) is 15.4. The first-order valence-electron chi connectivity index (χ1n) is 7.99. The third-order valence-corrected chi connectivity index (χ3v) is 4.66. The van der Waals surface area contributed by atoms with Crippen LogP contribution in [0.3, 0.4) is 0 Å². The van der Waals surface area contributed by atoms with Crippen LogP contribution in [-0.4, -0.2) is 31.6 Å². The zero-order valence-electron chi connectivity index (χ0n) is 13.8. The van der Waals surface area contributed by atoms with Crippen molar-refractivity contribution in [3.8, 4) is 5.75 Å². The van der Waals surface area contributed by atoms with Crippen molar-refractivity contribution in [1.82, 2.24) is 5.32 Å². The van der Waals surface area contributed by atoms with Gasteiger partial charge in [0.25, 0.3) is 5.91 Å². The molecule has 1 saturated carbocycles. The van der Waals surface area contributed by atoms with E-state index < -0.39 is 5.97 Å². The topological polar surface area (TPSA) is 64.6 Å². The molecule has 0 saturated heterocycles. The van der Waals surface area contributed by atoms with Gasteiger partial charge in [0.2, 0.25) is 0 Å². The summed E-state index contributed by atoms with van der Waals surface area (Å²) in [5.74, 6) is -0.124. The van der Waals surface area contributed by atoms with Gasteiger partial charge >= 0.3 is 5.97 Å². The van der Waals surface area contributed by atoms with Gasteiger partial charge in [0.1, 0.15) is 5.75 Å². The molecule has 1 amide bonds. The zero-order chi connectivity index (χ0) is 17.5. The second-order valence-corrected chi connectivity index (χ2v) is 6.58. The Morgan fingerprint density at radius 2 is 2.08 bits per heavy atom. The van der Waals surface area contributed by atoms with E-state index in [4.69, 9.17) is 9.47 Å². The van der Waals surface area contributed by atoms with Crippen LogP contribution >= 0.6 is 15.9 Å². The Balaban J connectivity index is 2.13. The van der Waals surface area contributed by atoms with Crippen molar-refractivity contribution >= 4 is 27.8 Å². The fraction of sp³-hybridized carbons (Fsp3) is 0.444. The molecule has 24 heavy (non-hydrogen) atoms. The second kappa shape index (κ2) is 8.87. The van der Waals surface area contributed by atoms with Crippen molar-refractivity contribution in [2.24, 2.45) is 0 Å². The van der Waals surface area contributed by atoms with E-state index in [0.717, 1.165) is 25.7 Å². The molecule has 0 aromatic heterocycles. The summed E-state index contributed by atoms with van der Waals surface area (Å²) in [6.45, 7) is 3.62. The van der Waals surface area contributed by atoms with Crippen LogP contribution in [0.15, 0.2) is 29.3 Å². The minimum Gasteiger partial charge on any atom is -0.482 e. The van der Waals surface area contributed by atoms with Crippen LogP contribution < -0.4 is 10.1 Å². The van der Waals surface area contributed by atoms with Crippen molar-refractivity contribution in [3.05, 3.63) is 40.4 Å². The lowest BCUT2D eigenvalue weighted by Gasteiger charge is -2.17. The summed E-state index contributed by atoms with van der Waals surface area (Å²) in [5, 5.41) is 2.98. The molecular weight excluding hydrogens is 374 g/mol. The lowest BCUT2D eigenvalue weighted by Crippen LogP contribution is -2.36. The Kier molecular flexibility index (Phi) is 6.85. The highest BCUT2D eigenvalue weighted by Crippen LogP contribution is 2.33. The van der Waals surface area contributed by atoms with Crippen LogP contribution in [0.1, 0.15) is 41.6 Å². The molecular formula is C18H22BrNO4. The first-order chi connectivity index (χ1) is 11.6. The van der Waals surface area contributed by atoms with Crippen LogP contribution in [0.5, 0.6) is 5.75 Å². The van der Waals surface area contributed by atoms with Gasteiger partial charge in [-0.1, -0.05) is 18.9 Å². The molecule has 0 bridgehead atoms. The monoisotopic (exact) mass is 395 g/mol. The van der Waals surface area contributed by atoms with Gasteiger partial charge in [-0.3, -0.25) is 4.79 Å². The third kappa shape index (κ3) is 4.60. The van der Waals surface area contributed by atoms with Crippen LogP contribution in [-0.2, 0) is 16.0 Å². The number of methoxy groups -OCH3 is 1. The molecule has 5 nitrogen and oxygen atoms in total. The summed E-state index contributed by atoms with van der Waals surface area (Å²) in [6.07, 6.45) is 6.47. The molecule has 1 fully saturated rings. The number of hydrogen-bond donors (Lipinski definition) is 1. The van der Waals surface area contributed by atoms with Gasteiger partial charge < -0.3 is 14.8 Å². The molecule has 1 aromatic carbocycles. The quantitative estimate of drug-likeness (QED) is 0.567. The van der Waals surface area contributed by atoms with E-state index in [0.29, 0.717) is 27.8 Å². The molecule has 1 N–H and O–H groups in total. The molecule has 1 aromatic rings. The molecule has 0 aliphatic heterocycles. The maximum absolute atomic E-state index is 12.1. The van der Waals surface area contributed by atoms with Gasteiger partial charge in [-0.25, -0.2) is 4.79 Å². The molecule has 1 aliphatic rings. The Hall–Kier alpha value is -1.82. The van der Waals surface area contributed by atoms with E-state index in [1.165, 1.54) is 7.11 Å². The van der Waals surface area contributed by atoms with Crippen molar-refractivity contribution in [1.29, 1.82) is 0 Å². The number of allylic oxidation sites excluding steroid dienone is 1. The highest BCUT2D eigenvalue weighted by atomic mass is 79.9. The largest absolute Gasteiger partial charge is 0.482 e. The Morgan fingerprint density at radius 3 is 2.71 bits per heavy atom. The number of esters is 1. The van der Waals surface area contributed by atoms with E-state index in [-0.39, 0.29) is 18.6 Å². The average molecular weight is 396 g/mol. The number of carbonyl (C=O) groups is 2. The molecule has 0 unspecified atom stereocenters. The Labute approximate surface area is 150 Å². The maximum Gasteiger partial charge on any atom is 0.338 e. The third-order valence-electron chi connectivity index (χ3n) is 4.03. The number of amides is 1. The minimum atomic E-state index is -0.445. The van der Waals surface area contributed by atoms with Crippen molar-refractivity contribution in [3.63, 3.8) is 0 Å². The predicted octanol–water partition coefficient (Wildman–Crippen LogP) is 3.40. The normalized spacial score (nSPS) is 14.2. The SMILES string of the molecule is C=CCc1c(C(=O)OC)ccc(Br)c1OCC(=O)NC1CCCC1. The highest BCUT2D eigenvalue weighted by Gasteiger charge is 2.20. The summed E-state index contributed by atoms with van der Waals surface area (Å²) >= 11 is 3.42. The van der Waals surface area contributed by atoms with Gasteiger partial charge in [-0.2, -0.15) is 0 Å². The lowest BCUT2D eigenvalue weighted by atomic mass is 10.0. The van der Waals surface area contributed by atoms with E-state index >= 15 is 0 Å². The van der Waals surface area contributed by atoms with E-state index in [2.05, 4.69) is 27.8 Å². The Morgan fingerprint density at radius 1 is 1.38 bits per heavy atom. The molecule has 1 aliphatic carbocycles. The summed E-state index contributed by atoms with van der Waals surface area (Å²) < 4.78 is 11.2. The molecule has 0 spiro atoms. The highest BCUT2D eigenvalue weighted by molar-refractivity contribution is 9.10. The molecule has 0 radical (unpaired) electrons. The van der Waals surface area contributed by atoms with Gasteiger partial charge in [0, 0.05) is 11.6 Å². The fourth-order valence-corrected chi connectivity index (χ4v) is 3.37. The van der Waals surface area contributed by atoms with Crippen LogP contribution in [0.25, 0.3) is 0 Å². The van der Waals surface area contributed by atoms with Gasteiger partial charge in [-0.15, -0.1) is 6.58 Å². The number of ether oxygens (including phenoxy) is 2. The standard InChI is InChI=1S/C18H22BrNO4/c1-3-6-13-14(18(22)23-2)9-10-15(19)17(13)24-11-16(21)20-12-7-4-5-8-12/h3,9-10,12H,1,4-8,11H2,2H3,(H,20,21). The van der Waals surface area contributed by atoms with Gasteiger partial charge in [0.05, 0.1) is 17.1 Å². The van der Waals surface area contributed by atoms with Gasteiger partial charge in [0.15, 0.2) is 6.61 Å². The molecule has 2 rings (SSSR count). The molecule has 0 atom stereocenters. The van der Waals surface area contributed by atoms with Crippen molar-refractivity contribution in [2.75, 3.05) is 13.7 Å². The Bertz CT molecular complexity index is 624. The number of halogens is 1. The first-order valence-corrected chi connectivity index (χ1v) is 8.78. The number of carbonyl (C=O) groups excluding carboxylic acids is 2. The molecule has 0 heterocycles. The van der Waals surface area contributed by atoms with E-state index in [1.807, 2.05) is 0 Å². The number of hydrogen-bond acceptors (Lipinski definition) is 4. The maximum atomic E-state index is 12.1. The lowest BCUT2D eigenvalue weighted by molar-refractivity contribution is -0.123. The van der Waals surface area contributed by atoms with E-state index in [9.17, 15) is 9.59 Å². The van der Waals surface area contributed by atoms with Crippen molar-refractivity contribution < 1.29 is 19.1 Å². The van der Waals surface area contributed by atoms with Crippen molar-refractivity contribution in [2.45, 2.75) is 38.1 Å². The first kappa shape index (κ1) is 18.5. The summed E-state index contributed by atoms with van der Waals surface area (Å²) in [5.41, 5.74) is 1.06. The minimum absolute atomic E-state index is 0.0934. The van der Waals surface area contributed by atoms with Gasteiger partial charge in [-0.05, 0) is 47.3 Å².